The molecule has 3 rings (SSSR count). The molecule has 0 bridgehead atoms. The number of rotatable bonds is 5. The Morgan fingerprint density at radius 2 is 2.05 bits per heavy atom. The Balaban J connectivity index is 1.95. The van der Waals surface area contributed by atoms with Gasteiger partial charge in [-0.2, -0.15) is 0 Å². The van der Waals surface area contributed by atoms with Gasteiger partial charge in [0.2, 0.25) is 0 Å². The van der Waals surface area contributed by atoms with Gasteiger partial charge in [0, 0.05) is 17.5 Å². The van der Waals surface area contributed by atoms with Crippen LogP contribution in [0.2, 0.25) is 0 Å². The molecule has 1 saturated carbocycles. The summed E-state index contributed by atoms with van der Waals surface area (Å²) < 4.78 is 0. The molecule has 0 atom stereocenters. The van der Waals surface area contributed by atoms with E-state index in [4.69, 9.17) is 9.97 Å². The maximum Gasteiger partial charge on any atom is 0.146 e. The SMILES string of the molecule is CCNc1nc(CN(C)C2CCC2)nc2sc(C)c(C)c12. The van der Waals surface area contributed by atoms with Crippen molar-refractivity contribution in [2.75, 3.05) is 18.9 Å². The summed E-state index contributed by atoms with van der Waals surface area (Å²) in [7, 11) is 2.19. The summed E-state index contributed by atoms with van der Waals surface area (Å²) in [5.74, 6) is 1.94. The van der Waals surface area contributed by atoms with E-state index in [1.165, 1.54) is 35.1 Å². The summed E-state index contributed by atoms with van der Waals surface area (Å²) in [4.78, 5) is 14.4. The number of anilines is 1. The quantitative estimate of drug-likeness (QED) is 0.914. The molecule has 1 N–H and O–H groups in total. The highest BCUT2D eigenvalue weighted by atomic mass is 32.1. The van der Waals surface area contributed by atoms with Crippen molar-refractivity contribution in [3.05, 3.63) is 16.3 Å². The molecule has 0 aliphatic heterocycles. The summed E-state index contributed by atoms with van der Waals surface area (Å²) >= 11 is 1.78. The molecule has 0 amide bonds. The van der Waals surface area contributed by atoms with Crippen LogP contribution >= 0.6 is 11.3 Å². The molecule has 4 nitrogen and oxygen atoms in total. The van der Waals surface area contributed by atoms with Gasteiger partial charge in [-0.05, 0) is 46.2 Å². The third-order valence-corrected chi connectivity index (χ3v) is 5.61. The average molecular weight is 304 g/mol. The second kappa shape index (κ2) is 5.89. The summed E-state index contributed by atoms with van der Waals surface area (Å²) in [5, 5.41) is 4.62. The molecular weight excluding hydrogens is 280 g/mol. The summed E-state index contributed by atoms with van der Waals surface area (Å²) in [6, 6.07) is 0.721. The Bertz CT molecular complexity index is 645. The maximum absolute atomic E-state index is 4.81. The molecule has 1 fully saturated rings. The Morgan fingerprint density at radius 3 is 2.67 bits per heavy atom. The molecule has 0 aromatic carbocycles. The molecule has 1 aliphatic carbocycles. The van der Waals surface area contributed by atoms with Crippen LogP contribution in [0.3, 0.4) is 0 Å². The number of fused-ring (bicyclic) bond motifs is 1. The Hall–Kier alpha value is -1.20. The van der Waals surface area contributed by atoms with Gasteiger partial charge in [0.25, 0.3) is 0 Å². The van der Waals surface area contributed by atoms with E-state index in [1.54, 1.807) is 11.3 Å². The average Bonchev–Trinajstić information content (AvgIpc) is 2.63. The number of thiophene rings is 1. The Labute approximate surface area is 130 Å². The molecule has 0 saturated heterocycles. The highest BCUT2D eigenvalue weighted by Gasteiger charge is 2.23. The Kier molecular flexibility index (Phi) is 4.13. The zero-order valence-corrected chi connectivity index (χ0v) is 14.2. The zero-order valence-electron chi connectivity index (χ0n) is 13.4. The summed E-state index contributed by atoms with van der Waals surface area (Å²) in [6.45, 7) is 8.17. The van der Waals surface area contributed by atoms with Crippen LogP contribution in [0.1, 0.15) is 42.5 Å². The predicted octanol–water partition coefficient (Wildman–Crippen LogP) is 3.72. The second-order valence-corrected chi connectivity index (χ2v) is 7.19. The van der Waals surface area contributed by atoms with Crippen LogP contribution in [-0.2, 0) is 6.54 Å². The lowest BCUT2D eigenvalue weighted by molar-refractivity contribution is 0.149. The standard InChI is InChI=1S/C16H24N4S/c1-5-17-15-14-10(2)11(3)21-16(14)19-13(18-15)9-20(4)12-7-6-8-12/h12H,5-9H2,1-4H3,(H,17,18,19). The van der Waals surface area contributed by atoms with Crippen molar-refractivity contribution in [3.63, 3.8) is 0 Å². The lowest BCUT2D eigenvalue weighted by atomic mass is 9.92. The number of aryl methyl sites for hydroxylation is 2. The molecule has 2 heterocycles. The fourth-order valence-electron chi connectivity index (χ4n) is 2.84. The smallest absolute Gasteiger partial charge is 0.146 e. The van der Waals surface area contributed by atoms with E-state index in [9.17, 15) is 0 Å². The van der Waals surface area contributed by atoms with Crippen LogP contribution in [-0.4, -0.2) is 34.5 Å². The molecule has 21 heavy (non-hydrogen) atoms. The number of hydrogen-bond donors (Lipinski definition) is 1. The van der Waals surface area contributed by atoms with Crippen molar-refractivity contribution in [2.45, 2.75) is 52.6 Å². The van der Waals surface area contributed by atoms with Crippen molar-refractivity contribution in [2.24, 2.45) is 0 Å². The molecule has 0 spiro atoms. The summed E-state index contributed by atoms with van der Waals surface area (Å²) in [6.07, 6.45) is 3.99. The van der Waals surface area contributed by atoms with Gasteiger partial charge in [-0.25, -0.2) is 9.97 Å². The van der Waals surface area contributed by atoms with E-state index in [0.29, 0.717) is 0 Å². The van der Waals surface area contributed by atoms with Gasteiger partial charge < -0.3 is 5.32 Å². The molecule has 0 radical (unpaired) electrons. The lowest BCUT2D eigenvalue weighted by Crippen LogP contribution is -2.37. The third kappa shape index (κ3) is 2.77. The van der Waals surface area contributed by atoms with Gasteiger partial charge in [0.1, 0.15) is 16.5 Å². The lowest BCUT2D eigenvalue weighted by Gasteiger charge is -2.34. The van der Waals surface area contributed by atoms with E-state index in [2.05, 4.69) is 38.0 Å². The van der Waals surface area contributed by atoms with Gasteiger partial charge >= 0.3 is 0 Å². The van der Waals surface area contributed by atoms with Crippen LogP contribution in [0.15, 0.2) is 0 Å². The monoisotopic (exact) mass is 304 g/mol. The van der Waals surface area contributed by atoms with Gasteiger partial charge in [0.05, 0.1) is 11.9 Å². The van der Waals surface area contributed by atoms with Crippen LogP contribution in [0.5, 0.6) is 0 Å². The molecule has 5 heteroatoms. The first-order valence-electron chi connectivity index (χ1n) is 7.81. The third-order valence-electron chi connectivity index (χ3n) is 4.51. The van der Waals surface area contributed by atoms with E-state index in [1.807, 2.05) is 0 Å². The van der Waals surface area contributed by atoms with Crippen molar-refractivity contribution in [1.82, 2.24) is 14.9 Å². The summed E-state index contributed by atoms with van der Waals surface area (Å²) in [5.41, 5.74) is 1.31. The van der Waals surface area contributed by atoms with Crippen LogP contribution < -0.4 is 5.32 Å². The Morgan fingerprint density at radius 1 is 1.29 bits per heavy atom. The van der Waals surface area contributed by atoms with Crippen LogP contribution in [0.25, 0.3) is 10.2 Å². The first-order valence-corrected chi connectivity index (χ1v) is 8.62. The molecule has 2 aromatic rings. The van der Waals surface area contributed by atoms with Gasteiger partial charge in [0.15, 0.2) is 0 Å². The van der Waals surface area contributed by atoms with E-state index < -0.39 is 0 Å². The maximum atomic E-state index is 4.81. The molecule has 1 aliphatic rings. The van der Waals surface area contributed by atoms with E-state index in [-0.39, 0.29) is 0 Å². The van der Waals surface area contributed by atoms with Crippen molar-refractivity contribution < 1.29 is 0 Å². The number of nitrogens with one attached hydrogen (secondary N) is 1. The molecule has 2 aromatic heterocycles. The van der Waals surface area contributed by atoms with E-state index in [0.717, 1.165) is 35.6 Å². The zero-order chi connectivity index (χ0) is 15.0. The normalized spacial score (nSPS) is 15.7. The second-order valence-electron chi connectivity index (χ2n) is 5.98. The molecule has 0 unspecified atom stereocenters. The van der Waals surface area contributed by atoms with Crippen LogP contribution in [0.4, 0.5) is 5.82 Å². The molecular formula is C16H24N4S. The van der Waals surface area contributed by atoms with Crippen LogP contribution in [0, 0.1) is 13.8 Å². The number of nitrogens with zero attached hydrogens (tertiary/aromatic N) is 3. The predicted molar refractivity (Wildman–Crippen MR) is 90.2 cm³/mol. The first kappa shape index (κ1) is 14.7. The van der Waals surface area contributed by atoms with Crippen molar-refractivity contribution in [1.29, 1.82) is 0 Å². The minimum Gasteiger partial charge on any atom is -0.370 e. The molecule has 114 valence electrons. The van der Waals surface area contributed by atoms with Gasteiger partial charge in [-0.3, -0.25) is 4.90 Å². The van der Waals surface area contributed by atoms with Gasteiger partial charge in [-0.1, -0.05) is 6.42 Å². The fraction of sp³-hybridized carbons (Fsp3) is 0.625. The fourth-order valence-corrected chi connectivity index (χ4v) is 3.89. The topological polar surface area (TPSA) is 41.1 Å². The van der Waals surface area contributed by atoms with E-state index >= 15 is 0 Å². The largest absolute Gasteiger partial charge is 0.370 e. The first-order chi connectivity index (χ1) is 10.1. The highest BCUT2D eigenvalue weighted by molar-refractivity contribution is 7.18. The van der Waals surface area contributed by atoms with Crippen molar-refractivity contribution >= 4 is 27.4 Å². The minimum absolute atomic E-state index is 0.721. The number of aromatic nitrogens is 2. The minimum atomic E-state index is 0.721. The van der Waals surface area contributed by atoms with Gasteiger partial charge in [-0.15, -0.1) is 11.3 Å². The van der Waals surface area contributed by atoms with Crippen molar-refractivity contribution in [3.8, 4) is 0 Å². The number of hydrogen-bond acceptors (Lipinski definition) is 5. The highest BCUT2D eigenvalue weighted by Crippen LogP contribution is 2.33.